The Kier molecular flexibility index (Phi) is 32.5. The number of allylic oxidation sites excluding steroid dienone is 4. The molecule has 8 N–H and O–H groups in total. The smallest absolute Gasteiger partial charge is 0.249 e. The molecular formula is C44H83NO10. The van der Waals surface area contributed by atoms with Crippen LogP contribution in [0.5, 0.6) is 0 Å². The topological polar surface area (TPSA) is 189 Å². The number of ether oxygens (including phenoxy) is 2. The zero-order valence-electron chi connectivity index (χ0n) is 34.7. The highest BCUT2D eigenvalue weighted by Crippen LogP contribution is 2.23. The summed E-state index contributed by atoms with van der Waals surface area (Å²) in [6, 6.07) is -1.19. The van der Waals surface area contributed by atoms with Gasteiger partial charge in [-0.3, -0.25) is 4.79 Å². The molecule has 9 atom stereocenters. The maximum atomic E-state index is 13.0. The third-order valence-corrected chi connectivity index (χ3v) is 10.7. The summed E-state index contributed by atoms with van der Waals surface area (Å²) in [5, 5.41) is 75.4. The Morgan fingerprint density at radius 3 is 1.62 bits per heavy atom. The van der Waals surface area contributed by atoms with Crippen LogP contribution in [0, 0.1) is 0 Å². The van der Waals surface area contributed by atoms with Crippen molar-refractivity contribution < 1.29 is 50.0 Å². The molecule has 1 rings (SSSR count). The standard InChI is InChI=1S/C44H83NO10/c1-3-5-7-9-11-13-15-17-18-19-20-22-23-25-27-29-31-36(47)39(49)35(34-54-44-42(52)41(51)40(50)38(33-46)55-44)45-43(53)37(48)32-30-28-26-24-21-16-14-12-10-8-6-4-2/h18-19,23,25,35-42,44,46-52H,3-17,20-22,24,26-34H2,1-2H3,(H,45,53)/b19-18+,25-23+. The van der Waals surface area contributed by atoms with E-state index < -0.39 is 74.2 Å². The van der Waals surface area contributed by atoms with Crippen molar-refractivity contribution in [1.82, 2.24) is 5.32 Å². The molecule has 1 fully saturated rings. The monoisotopic (exact) mass is 786 g/mol. The Morgan fingerprint density at radius 2 is 1.09 bits per heavy atom. The number of unbranched alkanes of at least 4 members (excludes halogenated alkanes) is 20. The molecule has 11 heteroatoms. The molecular weight excluding hydrogens is 702 g/mol. The molecule has 1 saturated heterocycles. The van der Waals surface area contributed by atoms with Gasteiger partial charge in [-0.25, -0.2) is 0 Å². The van der Waals surface area contributed by atoms with Crippen LogP contribution in [0.4, 0.5) is 0 Å². The summed E-state index contributed by atoms with van der Waals surface area (Å²) in [6.07, 6.45) is 25.2. The van der Waals surface area contributed by atoms with Crippen LogP contribution in [0.1, 0.15) is 181 Å². The van der Waals surface area contributed by atoms with Crippen LogP contribution in [0.15, 0.2) is 24.3 Å². The van der Waals surface area contributed by atoms with E-state index in [1.807, 2.05) is 0 Å². The zero-order valence-corrected chi connectivity index (χ0v) is 34.7. The maximum absolute atomic E-state index is 13.0. The van der Waals surface area contributed by atoms with Crippen molar-refractivity contribution in [3.8, 4) is 0 Å². The lowest BCUT2D eigenvalue weighted by atomic mass is 9.98. The maximum Gasteiger partial charge on any atom is 0.249 e. The van der Waals surface area contributed by atoms with Crippen molar-refractivity contribution in [2.45, 2.75) is 236 Å². The van der Waals surface area contributed by atoms with Gasteiger partial charge in [-0.1, -0.05) is 154 Å². The first-order valence-corrected chi connectivity index (χ1v) is 22.2. The first-order chi connectivity index (χ1) is 26.7. The van der Waals surface area contributed by atoms with E-state index in [-0.39, 0.29) is 12.8 Å². The second-order valence-corrected chi connectivity index (χ2v) is 15.8. The molecule has 9 unspecified atom stereocenters. The van der Waals surface area contributed by atoms with Gasteiger partial charge in [-0.2, -0.15) is 0 Å². The first kappa shape index (κ1) is 51.6. The summed E-state index contributed by atoms with van der Waals surface area (Å²) in [5.41, 5.74) is 0. The molecule has 0 bridgehead atoms. The van der Waals surface area contributed by atoms with Crippen LogP contribution < -0.4 is 5.32 Å². The van der Waals surface area contributed by atoms with Gasteiger partial charge < -0.3 is 50.5 Å². The highest BCUT2D eigenvalue weighted by Gasteiger charge is 2.44. The van der Waals surface area contributed by atoms with Crippen LogP contribution in [-0.4, -0.2) is 110 Å². The fourth-order valence-corrected chi connectivity index (χ4v) is 6.98. The summed E-state index contributed by atoms with van der Waals surface area (Å²) in [5.74, 6) is -0.712. The van der Waals surface area contributed by atoms with Gasteiger partial charge in [0.25, 0.3) is 0 Å². The van der Waals surface area contributed by atoms with Gasteiger partial charge >= 0.3 is 0 Å². The largest absolute Gasteiger partial charge is 0.394 e. The second-order valence-electron chi connectivity index (χ2n) is 15.8. The summed E-state index contributed by atoms with van der Waals surface area (Å²) in [6.45, 7) is 3.39. The summed E-state index contributed by atoms with van der Waals surface area (Å²) in [4.78, 5) is 13.0. The van der Waals surface area contributed by atoms with Gasteiger partial charge in [0.2, 0.25) is 5.91 Å². The van der Waals surface area contributed by atoms with Crippen LogP contribution in [0.25, 0.3) is 0 Å². The number of aliphatic hydroxyl groups is 7. The van der Waals surface area contributed by atoms with E-state index in [1.54, 1.807) is 0 Å². The third-order valence-electron chi connectivity index (χ3n) is 10.7. The van der Waals surface area contributed by atoms with Gasteiger partial charge in [0.1, 0.15) is 36.6 Å². The predicted molar refractivity (Wildman–Crippen MR) is 219 cm³/mol. The fraction of sp³-hybridized carbons (Fsp3) is 0.886. The van der Waals surface area contributed by atoms with Crippen LogP contribution in [-0.2, 0) is 14.3 Å². The van der Waals surface area contributed by atoms with E-state index in [4.69, 9.17) is 9.47 Å². The van der Waals surface area contributed by atoms with Gasteiger partial charge in [0.15, 0.2) is 6.29 Å². The van der Waals surface area contributed by atoms with Crippen molar-refractivity contribution in [3.05, 3.63) is 24.3 Å². The summed E-state index contributed by atoms with van der Waals surface area (Å²) in [7, 11) is 0. The quantitative estimate of drug-likeness (QED) is 0.0252. The minimum atomic E-state index is -1.67. The predicted octanol–water partition coefficient (Wildman–Crippen LogP) is 6.67. The molecule has 0 aromatic carbocycles. The Bertz CT molecular complexity index is 950. The Hall–Kier alpha value is -1.41. The molecule has 0 spiro atoms. The highest BCUT2D eigenvalue weighted by molar-refractivity contribution is 5.80. The molecule has 0 aromatic heterocycles. The van der Waals surface area contributed by atoms with Gasteiger partial charge in [-0.15, -0.1) is 0 Å². The third kappa shape index (κ3) is 24.9. The molecule has 11 nitrogen and oxygen atoms in total. The number of nitrogens with one attached hydrogen (secondary N) is 1. The zero-order chi connectivity index (χ0) is 40.5. The fourth-order valence-electron chi connectivity index (χ4n) is 6.98. The van der Waals surface area contributed by atoms with Crippen molar-refractivity contribution in [2.24, 2.45) is 0 Å². The molecule has 0 aliphatic carbocycles. The lowest BCUT2D eigenvalue weighted by molar-refractivity contribution is -0.303. The lowest BCUT2D eigenvalue weighted by Gasteiger charge is -2.40. The SMILES string of the molecule is CCCCCCCCC/C=C/CC/C=C/CCCC(O)C(O)C(COC1OC(CO)C(O)C(O)C1O)NC(=O)C(O)CCCCCCCCCCCCCC. The molecule has 1 amide bonds. The Balaban J connectivity index is 2.53. The van der Waals surface area contributed by atoms with Crippen molar-refractivity contribution in [3.63, 3.8) is 0 Å². The van der Waals surface area contributed by atoms with E-state index in [0.717, 1.165) is 38.5 Å². The lowest BCUT2D eigenvalue weighted by Crippen LogP contribution is -2.60. The summed E-state index contributed by atoms with van der Waals surface area (Å²) < 4.78 is 11.0. The van der Waals surface area contributed by atoms with Crippen molar-refractivity contribution in [2.75, 3.05) is 13.2 Å². The molecule has 0 radical (unpaired) electrons. The van der Waals surface area contributed by atoms with E-state index in [2.05, 4.69) is 43.5 Å². The van der Waals surface area contributed by atoms with E-state index >= 15 is 0 Å². The van der Waals surface area contributed by atoms with Crippen molar-refractivity contribution >= 4 is 5.91 Å². The number of carbonyl (C=O) groups excluding carboxylic acids is 1. The number of hydrogen-bond donors (Lipinski definition) is 8. The van der Waals surface area contributed by atoms with E-state index in [1.165, 1.54) is 96.3 Å². The van der Waals surface area contributed by atoms with Gasteiger partial charge in [0.05, 0.1) is 25.4 Å². The second kappa shape index (κ2) is 34.6. The Labute approximate surface area is 334 Å². The normalized spacial score (nSPS) is 22.7. The Morgan fingerprint density at radius 1 is 0.618 bits per heavy atom. The first-order valence-electron chi connectivity index (χ1n) is 22.2. The van der Waals surface area contributed by atoms with Crippen LogP contribution in [0.3, 0.4) is 0 Å². The number of aliphatic hydroxyl groups excluding tert-OH is 7. The number of carbonyl (C=O) groups is 1. The molecule has 0 saturated carbocycles. The minimum Gasteiger partial charge on any atom is -0.394 e. The van der Waals surface area contributed by atoms with E-state index in [0.29, 0.717) is 19.3 Å². The number of hydrogen-bond acceptors (Lipinski definition) is 10. The van der Waals surface area contributed by atoms with Crippen molar-refractivity contribution in [1.29, 1.82) is 0 Å². The number of rotatable bonds is 36. The molecule has 1 heterocycles. The van der Waals surface area contributed by atoms with Crippen LogP contribution in [0.2, 0.25) is 0 Å². The molecule has 324 valence electrons. The van der Waals surface area contributed by atoms with E-state index in [9.17, 15) is 40.5 Å². The summed E-state index contributed by atoms with van der Waals surface area (Å²) >= 11 is 0. The highest BCUT2D eigenvalue weighted by atomic mass is 16.7. The van der Waals surface area contributed by atoms with Crippen LogP contribution >= 0.6 is 0 Å². The average Bonchev–Trinajstić information content (AvgIpc) is 3.18. The molecule has 55 heavy (non-hydrogen) atoms. The molecule has 0 aromatic rings. The van der Waals surface area contributed by atoms with Gasteiger partial charge in [-0.05, 0) is 51.4 Å². The number of amides is 1. The van der Waals surface area contributed by atoms with Gasteiger partial charge in [0, 0.05) is 0 Å². The minimum absolute atomic E-state index is 0.248. The molecule has 1 aliphatic rings. The molecule has 1 aliphatic heterocycles. The average molecular weight is 786 g/mol.